The van der Waals surface area contributed by atoms with Gasteiger partial charge < -0.3 is 29.2 Å². The molecule has 2 N–H and O–H groups in total. The molecule has 1 heterocycles. The summed E-state index contributed by atoms with van der Waals surface area (Å²) in [5, 5.41) is 14.9. The Morgan fingerprint density at radius 3 is 1.00 bits per heavy atom. The molecule has 107 heavy (non-hydrogen) atoms. The van der Waals surface area contributed by atoms with Gasteiger partial charge in [-0.2, -0.15) is 65.9 Å². The van der Waals surface area contributed by atoms with Crippen molar-refractivity contribution in [3.63, 3.8) is 0 Å². The molecule has 39 heteroatoms. The lowest BCUT2D eigenvalue weighted by Gasteiger charge is -2.23. The van der Waals surface area contributed by atoms with Crippen LogP contribution in [0.15, 0.2) is 156 Å². The molecule has 0 aliphatic rings. The van der Waals surface area contributed by atoms with Gasteiger partial charge in [-0.3, -0.25) is 24.0 Å². The Labute approximate surface area is 626 Å². The van der Waals surface area contributed by atoms with Gasteiger partial charge in [-0.1, -0.05) is 41.9 Å². The number of esters is 3. The molecule has 0 aliphatic carbocycles. The first-order valence-electron chi connectivity index (χ1n) is 30.8. The number of carbonyl (C=O) groups excluding carboxylic acids is 4. The predicted octanol–water partition coefficient (Wildman–Crippen LogP) is 18.2. The number of halogens is 16. The highest BCUT2D eigenvalue weighted by atomic mass is 79.9. The van der Waals surface area contributed by atoms with Crippen LogP contribution in [-0.2, 0) is 104 Å². The fourth-order valence-corrected chi connectivity index (χ4v) is 12.6. The number of carboxylic acid groups (broad SMARTS) is 1. The van der Waals surface area contributed by atoms with Gasteiger partial charge in [0.05, 0.1) is 62.3 Å². The second-order valence-corrected chi connectivity index (χ2v) is 37.2. The van der Waals surface area contributed by atoms with E-state index in [4.69, 9.17) is 23.8 Å². The topological polar surface area (TPSA) is 274 Å². The maximum absolute atomic E-state index is 12.8. The summed E-state index contributed by atoms with van der Waals surface area (Å²) in [6, 6.07) is 19.5. The Kier molecular flexibility index (Phi) is 34.1. The molecule has 6 rings (SSSR count). The highest BCUT2D eigenvalue weighted by molar-refractivity contribution is 9.10. The van der Waals surface area contributed by atoms with E-state index in [1.807, 2.05) is 20.8 Å². The van der Waals surface area contributed by atoms with Crippen molar-refractivity contribution in [3.8, 4) is 0 Å². The van der Waals surface area contributed by atoms with E-state index in [9.17, 15) is 115 Å². The minimum atomic E-state index is -4.59. The van der Waals surface area contributed by atoms with Gasteiger partial charge in [-0.05, 0) is 211 Å². The zero-order valence-corrected chi connectivity index (χ0v) is 65.6. The zero-order chi connectivity index (χ0) is 83.7. The van der Waals surface area contributed by atoms with Crippen LogP contribution in [0, 0.1) is 0 Å². The van der Waals surface area contributed by atoms with Crippen LogP contribution in [0.2, 0.25) is 0 Å². The number of aromatic nitrogens is 1. The molecule has 5 aromatic carbocycles. The number of thiol groups is 1. The van der Waals surface area contributed by atoms with Gasteiger partial charge in [0.25, 0.3) is 0 Å². The van der Waals surface area contributed by atoms with Gasteiger partial charge in [0.1, 0.15) is 19.6 Å². The Morgan fingerprint density at radius 1 is 0.449 bits per heavy atom. The van der Waals surface area contributed by atoms with Crippen molar-refractivity contribution in [3.05, 3.63) is 161 Å². The quantitative estimate of drug-likeness (QED) is 0.0191. The summed E-state index contributed by atoms with van der Waals surface area (Å²) in [4.78, 5) is 57.6. The lowest BCUT2D eigenvalue weighted by molar-refractivity contribution is -0.146. The molecule has 0 saturated heterocycles. The van der Waals surface area contributed by atoms with Crippen molar-refractivity contribution in [1.82, 2.24) is 5.16 Å². The number of rotatable bonds is 17. The Hall–Kier alpha value is -7.36. The van der Waals surface area contributed by atoms with E-state index in [0.717, 1.165) is 88.4 Å². The van der Waals surface area contributed by atoms with Crippen molar-refractivity contribution in [2.24, 2.45) is 0 Å². The fraction of sp³-hybridized carbons (Fsp3) is 0.441. The Morgan fingerprint density at radius 2 is 0.729 bits per heavy atom. The standard InChI is InChI=1S/C18H21F3N2O4S.C13H15F3O4S.C13H15F3O2S.C11H11F3O4S.C7H5F3S.C6H11BrO2/c1-16(2,3)13-10-14(23-27-13)22-15(24)17(4,5)28(25,26)12-8-6-11(7-9-12)18(19,20)21;1-4-20-11(17)12(2,3)21(18,19)10-7-5-9(6-8-10)13(14,15)16;1-4-18-11(17)12(2,3)19-10-7-5-9(6-8-10)13(14,15)16;1-10(2,9(15)16)19(17,18)8-5-3-7(4-6-8)11(12,13)14;8-7(9,10)5-1-3-6(11)4-2-5;1-4-9-5(8)6(2,3)7/h6-10H,1-5H3,(H,22,23,24);5-8H,4H2,1-3H3;5-8H,4H2,1-3H3;3-6H,1-2H3,(H,15,16);1-4,11H;4H2,1-3H3. The number of carbonyl (C=O) groups is 5. The minimum Gasteiger partial charge on any atom is -0.480 e. The third-order valence-corrected chi connectivity index (χ3v) is 23.1. The number of amides is 1. The average Bonchev–Trinajstić information content (AvgIpc) is 1.01. The second kappa shape index (κ2) is 37.4. The normalized spacial score (nSPS) is 12.8. The van der Waals surface area contributed by atoms with Gasteiger partial charge in [0, 0.05) is 21.3 Å². The maximum Gasteiger partial charge on any atom is 0.416 e. The smallest absolute Gasteiger partial charge is 0.416 e. The lowest BCUT2D eigenvalue weighted by atomic mass is 9.93. The van der Waals surface area contributed by atoms with Crippen LogP contribution in [-0.4, -0.2) is 108 Å². The number of nitrogens with one attached hydrogen (secondary N) is 1. The largest absolute Gasteiger partial charge is 0.480 e. The number of nitrogens with zero attached hydrogens (tertiary/aromatic N) is 1. The molecule has 598 valence electrons. The van der Waals surface area contributed by atoms with Crippen molar-refractivity contribution < 1.29 is 139 Å². The van der Waals surface area contributed by atoms with Crippen LogP contribution in [0.5, 0.6) is 0 Å². The molecule has 0 fully saturated rings. The molecule has 0 saturated carbocycles. The number of benzene rings is 5. The van der Waals surface area contributed by atoms with Gasteiger partial charge in [-0.25, -0.2) is 25.3 Å². The number of thioether (sulfide) groups is 1. The number of carboxylic acids is 1. The lowest BCUT2D eigenvalue weighted by Crippen LogP contribution is -2.44. The highest BCUT2D eigenvalue weighted by Gasteiger charge is 2.47. The van der Waals surface area contributed by atoms with E-state index in [2.05, 4.69) is 39.0 Å². The van der Waals surface area contributed by atoms with Crippen LogP contribution < -0.4 is 5.32 Å². The monoisotopic (exact) mass is 1700 g/mol. The summed E-state index contributed by atoms with van der Waals surface area (Å²) in [5.74, 6) is -3.49. The summed E-state index contributed by atoms with van der Waals surface area (Å²) in [5.41, 5.74) is -4.65. The molecule has 0 radical (unpaired) electrons. The molecule has 0 spiro atoms. The first-order valence-corrected chi connectivity index (χ1v) is 37.3. The molecular formula is C68H78BrF15N2O16S5. The Bertz CT molecular complexity index is 4300. The average molecular weight is 1700 g/mol. The third-order valence-electron chi connectivity index (χ3n) is 14.1. The van der Waals surface area contributed by atoms with E-state index in [1.54, 1.807) is 41.5 Å². The van der Waals surface area contributed by atoms with E-state index in [-0.39, 0.29) is 41.3 Å². The summed E-state index contributed by atoms with van der Waals surface area (Å²) in [6.07, 6.45) is -22.3. The molecule has 18 nitrogen and oxygen atoms in total. The minimum absolute atomic E-state index is 0.00476. The molecule has 0 atom stereocenters. The maximum atomic E-state index is 12.8. The molecular weight excluding hydrogens is 1630 g/mol. The van der Waals surface area contributed by atoms with E-state index < -0.39 is 139 Å². The number of alkyl halides is 16. The van der Waals surface area contributed by atoms with Crippen molar-refractivity contribution >= 4 is 105 Å². The summed E-state index contributed by atoms with van der Waals surface area (Å²) >= 11 is 8.20. The summed E-state index contributed by atoms with van der Waals surface area (Å²) in [6.45, 7) is 24.8. The van der Waals surface area contributed by atoms with Crippen LogP contribution >= 0.6 is 40.3 Å². The van der Waals surface area contributed by atoms with Crippen LogP contribution in [0.1, 0.15) is 144 Å². The predicted molar refractivity (Wildman–Crippen MR) is 373 cm³/mol. The summed E-state index contributed by atoms with van der Waals surface area (Å²) < 4.78 is 272. The van der Waals surface area contributed by atoms with Gasteiger partial charge in [-0.15, -0.1) is 24.4 Å². The van der Waals surface area contributed by atoms with Crippen LogP contribution in [0.25, 0.3) is 0 Å². The van der Waals surface area contributed by atoms with Crippen molar-refractivity contribution in [2.75, 3.05) is 25.1 Å². The first-order chi connectivity index (χ1) is 48.1. The molecule has 0 bridgehead atoms. The SMILES string of the molecule is CC(C)(C(=O)O)S(=O)(=O)c1ccc(C(F)(F)F)cc1.CC(C)(C)c1cc(NC(=O)C(C)(C)S(=O)(=O)c2ccc(C(F)(F)F)cc2)no1.CCOC(=O)C(C)(C)Br.CCOC(=O)C(C)(C)S(=O)(=O)c1ccc(C(F)(F)F)cc1.CCOC(=O)C(C)(C)Sc1ccc(C(F)(F)F)cc1.FC(F)(F)c1ccc(S)cc1. The van der Waals surface area contributed by atoms with Crippen molar-refractivity contribution in [1.29, 1.82) is 0 Å². The van der Waals surface area contributed by atoms with Crippen molar-refractivity contribution in [2.45, 2.75) is 195 Å². The zero-order valence-electron chi connectivity index (χ0n) is 59.9. The molecule has 1 amide bonds. The molecule has 6 aromatic rings. The fourth-order valence-electron chi connectivity index (χ4n) is 7.27. The van der Waals surface area contributed by atoms with E-state index in [1.165, 1.54) is 62.9 Å². The van der Waals surface area contributed by atoms with E-state index in [0.29, 0.717) is 58.6 Å². The van der Waals surface area contributed by atoms with Gasteiger partial charge in [0.15, 0.2) is 44.8 Å². The van der Waals surface area contributed by atoms with Crippen LogP contribution in [0.3, 0.4) is 0 Å². The van der Waals surface area contributed by atoms with Gasteiger partial charge in [0.2, 0.25) is 5.91 Å². The number of hydrogen-bond donors (Lipinski definition) is 3. The molecule has 0 unspecified atom stereocenters. The number of sulfone groups is 3. The highest BCUT2D eigenvalue weighted by Crippen LogP contribution is 2.39. The van der Waals surface area contributed by atoms with Gasteiger partial charge >= 0.3 is 54.8 Å². The second-order valence-electron chi connectivity index (χ2n) is 25.5. The first kappa shape index (κ1) is 97.7. The number of anilines is 1. The number of hydrogen-bond acceptors (Lipinski definition) is 18. The van der Waals surface area contributed by atoms with E-state index >= 15 is 0 Å². The molecule has 0 aliphatic heterocycles. The number of aliphatic carboxylic acids is 1. The number of ether oxygens (including phenoxy) is 3. The van der Waals surface area contributed by atoms with Crippen LogP contribution in [0.4, 0.5) is 71.7 Å². The Balaban J connectivity index is 0.000000663. The third kappa shape index (κ3) is 28.2. The summed E-state index contributed by atoms with van der Waals surface area (Å²) in [7, 11) is -12.7. The molecule has 1 aromatic heterocycles.